The molecule has 2 aromatic heterocycles. The number of imidazole rings is 1. The molecule has 1 N–H and O–H groups in total. The number of fused-ring (bicyclic) bond motifs is 1. The molecule has 2 aromatic rings. The number of rotatable bonds is 6. The lowest BCUT2D eigenvalue weighted by Gasteiger charge is -2.40. The highest BCUT2D eigenvalue weighted by atomic mass is 32.2. The van der Waals surface area contributed by atoms with Crippen LogP contribution in [0.1, 0.15) is 49.7 Å². The van der Waals surface area contributed by atoms with Crippen molar-refractivity contribution in [3.63, 3.8) is 0 Å². The summed E-state index contributed by atoms with van der Waals surface area (Å²) in [5.74, 6) is 2.11. The summed E-state index contributed by atoms with van der Waals surface area (Å²) in [7, 11) is -1.77. The van der Waals surface area contributed by atoms with Crippen LogP contribution in [0, 0.1) is 5.92 Å². The Bertz CT molecular complexity index is 963. The quantitative estimate of drug-likeness (QED) is 0.787. The van der Waals surface area contributed by atoms with Gasteiger partial charge in [-0.2, -0.15) is 5.10 Å². The van der Waals surface area contributed by atoms with Crippen LogP contribution in [0.2, 0.25) is 0 Å². The molecule has 28 heavy (non-hydrogen) atoms. The van der Waals surface area contributed by atoms with Crippen molar-refractivity contribution in [3.8, 4) is 0 Å². The second-order valence-electron chi connectivity index (χ2n) is 8.21. The Balaban J connectivity index is 1.33. The molecular formula is C19H28N6O2S. The van der Waals surface area contributed by atoms with E-state index in [1.165, 1.54) is 18.4 Å². The van der Waals surface area contributed by atoms with Crippen molar-refractivity contribution in [1.29, 1.82) is 0 Å². The molecule has 3 heterocycles. The third kappa shape index (κ3) is 3.77. The maximum atomic E-state index is 12.6. The molecule has 1 saturated heterocycles. The molecule has 0 radical (unpaired) electrons. The van der Waals surface area contributed by atoms with Crippen LogP contribution in [0.3, 0.4) is 0 Å². The molecule has 8 nitrogen and oxygen atoms in total. The molecule has 4 rings (SSSR count). The number of anilines is 1. The molecule has 0 spiro atoms. The highest BCUT2D eigenvalue weighted by molar-refractivity contribution is 7.89. The first-order valence-electron chi connectivity index (χ1n) is 9.97. The molecule has 0 unspecified atom stereocenters. The van der Waals surface area contributed by atoms with Crippen LogP contribution < -0.4 is 9.62 Å². The first-order chi connectivity index (χ1) is 13.3. The number of aromatic nitrogens is 4. The number of sulfonamides is 1. The monoisotopic (exact) mass is 404 g/mol. The molecule has 0 bridgehead atoms. The molecule has 0 saturated carbocycles. The Labute approximate surface area is 166 Å². The number of aryl methyl sites for hydroxylation is 3. The zero-order valence-electron chi connectivity index (χ0n) is 16.7. The van der Waals surface area contributed by atoms with Gasteiger partial charge in [-0.25, -0.2) is 18.1 Å². The van der Waals surface area contributed by atoms with Crippen molar-refractivity contribution in [2.75, 3.05) is 24.5 Å². The third-order valence-electron chi connectivity index (χ3n) is 5.58. The Hall–Kier alpha value is -2.00. The Morgan fingerprint density at radius 3 is 2.68 bits per heavy atom. The van der Waals surface area contributed by atoms with E-state index in [-0.39, 0.29) is 16.9 Å². The molecule has 1 fully saturated rings. The summed E-state index contributed by atoms with van der Waals surface area (Å²) in [4.78, 5) is 6.46. The average molecular weight is 405 g/mol. The molecule has 0 aromatic carbocycles. The second-order valence-corrected chi connectivity index (χ2v) is 9.92. The van der Waals surface area contributed by atoms with Gasteiger partial charge in [-0.15, -0.1) is 5.10 Å². The SMILES string of the molecule is CC(C)c1nc(S(=O)(=O)NCC2CN(c3cc4c(nn3)CCCC4)C2)cn1C. The van der Waals surface area contributed by atoms with Crippen molar-refractivity contribution in [2.24, 2.45) is 13.0 Å². The molecule has 0 atom stereocenters. The fraction of sp³-hybridized carbons (Fsp3) is 0.632. The van der Waals surface area contributed by atoms with Gasteiger partial charge in [0.25, 0.3) is 10.0 Å². The van der Waals surface area contributed by atoms with Crippen molar-refractivity contribution in [2.45, 2.75) is 50.5 Å². The first kappa shape index (κ1) is 19.3. The highest BCUT2D eigenvalue weighted by Gasteiger charge is 2.30. The summed E-state index contributed by atoms with van der Waals surface area (Å²) < 4.78 is 29.6. The Kier molecular flexibility index (Phi) is 5.13. The lowest BCUT2D eigenvalue weighted by molar-refractivity contribution is 0.401. The third-order valence-corrected chi connectivity index (χ3v) is 6.88. The Morgan fingerprint density at radius 2 is 1.96 bits per heavy atom. The van der Waals surface area contributed by atoms with Crippen LogP contribution in [0.25, 0.3) is 0 Å². The molecule has 2 aliphatic rings. The van der Waals surface area contributed by atoms with Crippen LogP contribution in [0.15, 0.2) is 17.3 Å². The van der Waals surface area contributed by atoms with Gasteiger partial charge in [0, 0.05) is 44.7 Å². The maximum Gasteiger partial charge on any atom is 0.259 e. The summed E-state index contributed by atoms with van der Waals surface area (Å²) in [6.07, 6.45) is 6.10. The van der Waals surface area contributed by atoms with E-state index >= 15 is 0 Å². The molecule has 152 valence electrons. The van der Waals surface area contributed by atoms with E-state index < -0.39 is 10.0 Å². The average Bonchev–Trinajstić information content (AvgIpc) is 3.03. The van der Waals surface area contributed by atoms with E-state index in [2.05, 4.69) is 30.9 Å². The fourth-order valence-corrected chi connectivity index (χ4v) is 5.05. The minimum absolute atomic E-state index is 0.0930. The lowest BCUT2D eigenvalue weighted by atomic mass is 9.96. The van der Waals surface area contributed by atoms with Gasteiger partial charge in [0.05, 0.1) is 5.69 Å². The normalized spacial score (nSPS) is 17.6. The zero-order valence-corrected chi connectivity index (χ0v) is 17.5. The van der Waals surface area contributed by atoms with E-state index in [0.717, 1.165) is 43.3 Å². The standard InChI is InChI=1S/C19H28N6O2S/c1-13(2)19-21-18(12-24(19)3)28(26,27)20-9-14-10-25(11-14)17-8-15-6-4-5-7-16(15)22-23-17/h8,12-14,20H,4-7,9-11H2,1-3H3. The number of hydrogen-bond acceptors (Lipinski definition) is 6. The minimum atomic E-state index is -3.59. The van der Waals surface area contributed by atoms with Gasteiger partial charge < -0.3 is 9.47 Å². The molecule has 1 aliphatic carbocycles. The first-order valence-corrected chi connectivity index (χ1v) is 11.4. The smallest absolute Gasteiger partial charge is 0.259 e. The van der Waals surface area contributed by atoms with E-state index in [1.54, 1.807) is 10.8 Å². The van der Waals surface area contributed by atoms with E-state index in [1.807, 2.05) is 20.9 Å². The van der Waals surface area contributed by atoms with E-state index in [0.29, 0.717) is 6.54 Å². The van der Waals surface area contributed by atoms with Gasteiger partial charge >= 0.3 is 0 Å². The van der Waals surface area contributed by atoms with Crippen molar-refractivity contribution >= 4 is 15.8 Å². The van der Waals surface area contributed by atoms with Gasteiger partial charge in [-0.3, -0.25) is 0 Å². The van der Waals surface area contributed by atoms with Crippen molar-refractivity contribution in [3.05, 3.63) is 29.3 Å². The topological polar surface area (TPSA) is 93.0 Å². The van der Waals surface area contributed by atoms with Crippen LogP contribution in [0.5, 0.6) is 0 Å². The minimum Gasteiger partial charge on any atom is -0.354 e. The van der Waals surface area contributed by atoms with Crippen LogP contribution in [0.4, 0.5) is 5.82 Å². The molecule has 0 amide bonds. The maximum absolute atomic E-state index is 12.6. The van der Waals surface area contributed by atoms with E-state index in [9.17, 15) is 8.42 Å². The zero-order chi connectivity index (χ0) is 19.9. The van der Waals surface area contributed by atoms with Crippen LogP contribution in [-0.2, 0) is 29.9 Å². The van der Waals surface area contributed by atoms with Crippen molar-refractivity contribution < 1.29 is 8.42 Å². The van der Waals surface area contributed by atoms with Crippen molar-refractivity contribution in [1.82, 2.24) is 24.5 Å². The summed E-state index contributed by atoms with van der Waals surface area (Å²) in [6.45, 7) is 5.98. The number of nitrogens with one attached hydrogen (secondary N) is 1. The van der Waals surface area contributed by atoms with Gasteiger partial charge in [0.15, 0.2) is 10.8 Å². The Morgan fingerprint density at radius 1 is 1.21 bits per heavy atom. The van der Waals surface area contributed by atoms with Crippen LogP contribution in [-0.4, -0.2) is 47.8 Å². The summed E-state index contributed by atoms with van der Waals surface area (Å²) in [6, 6.07) is 2.16. The van der Waals surface area contributed by atoms with Crippen LogP contribution >= 0.6 is 0 Å². The number of hydrogen-bond donors (Lipinski definition) is 1. The van der Waals surface area contributed by atoms with Gasteiger partial charge in [0.2, 0.25) is 0 Å². The number of nitrogens with zero attached hydrogens (tertiary/aromatic N) is 5. The second kappa shape index (κ2) is 7.44. The van der Waals surface area contributed by atoms with E-state index in [4.69, 9.17) is 0 Å². The predicted octanol–water partition coefficient (Wildman–Crippen LogP) is 1.63. The molecule has 9 heteroatoms. The molecular weight excluding hydrogens is 376 g/mol. The fourth-order valence-electron chi connectivity index (χ4n) is 3.94. The summed E-state index contributed by atoms with van der Waals surface area (Å²) >= 11 is 0. The largest absolute Gasteiger partial charge is 0.354 e. The lowest BCUT2D eigenvalue weighted by Crippen LogP contribution is -2.52. The van der Waals surface area contributed by atoms with Gasteiger partial charge in [-0.05, 0) is 37.3 Å². The van der Waals surface area contributed by atoms with Gasteiger partial charge in [-0.1, -0.05) is 13.8 Å². The summed E-state index contributed by atoms with van der Waals surface area (Å²) in [5.41, 5.74) is 2.45. The van der Waals surface area contributed by atoms with Gasteiger partial charge in [0.1, 0.15) is 5.82 Å². The highest BCUT2D eigenvalue weighted by Crippen LogP contribution is 2.26. The molecule has 1 aliphatic heterocycles. The summed E-state index contributed by atoms with van der Waals surface area (Å²) in [5, 5.41) is 8.83. The predicted molar refractivity (Wildman–Crippen MR) is 107 cm³/mol.